The molecule has 0 radical (unpaired) electrons. The lowest BCUT2D eigenvalue weighted by Gasteiger charge is -2.17. The fourth-order valence-corrected chi connectivity index (χ4v) is 4.66. The zero-order valence-electron chi connectivity index (χ0n) is 21.3. The molecule has 4 rings (SSSR count). The third-order valence-corrected chi connectivity index (χ3v) is 6.15. The summed E-state index contributed by atoms with van der Waals surface area (Å²) in [5.41, 5.74) is 8.35. The maximum absolute atomic E-state index is 13.8. The fraction of sp³-hybridized carbons (Fsp3) is 0.259. The molecule has 0 aliphatic carbocycles. The van der Waals surface area contributed by atoms with Gasteiger partial charge in [0.05, 0.1) is 23.5 Å². The van der Waals surface area contributed by atoms with E-state index in [0.717, 1.165) is 12.3 Å². The summed E-state index contributed by atoms with van der Waals surface area (Å²) in [4.78, 5) is 4.66. The van der Waals surface area contributed by atoms with Gasteiger partial charge in [-0.25, -0.2) is 22.2 Å². The molecule has 11 heteroatoms. The van der Waals surface area contributed by atoms with Crippen LogP contribution in [0.2, 0.25) is 0 Å². The predicted molar refractivity (Wildman–Crippen MR) is 143 cm³/mol. The molecule has 2 aromatic heterocycles. The molecule has 0 spiro atoms. The number of sulfonamides is 1. The molecule has 38 heavy (non-hydrogen) atoms. The van der Waals surface area contributed by atoms with Gasteiger partial charge in [-0.1, -0.05) is 18.1 Å². The molecule has 4 aromatic rings. The van der Waals surface area contributed by atoms with Crippen LogP contribution in [-0.2, 0) is 23.5 Å². The van der Waals surface area contributed by atoms with Gasteiger partial charge < -0.3 is 10.8 Å². The summed E-state index contributed by atoms with van der Waals surface area (Å²) >= 11 is 0. The zero-order chi connectivity index (χ0) is 27.8. The van der Waals surface area contributed by atoms with Crippen LogP contribution in [0.25, 0.3) is 22.0 Å². The van der Waals surface area contributed by atoms with Gasteiger partial charge in [0.15, 0.2) is 5.82 Å². The lowest BCUT2D eigenvalue weighted by atomic mass is 9.94. The molecule has 2 heterocycles. The first-order valence-electron chi connectivity index (χ1n) is 11.6. The van der Waals surface area contributed by atoms with Crippen molar-refractivity contribution in [2.24, 2.45) is 12.8 Å². The molecular formula is C27H27F2N5O3S. The first-order chi connectivity index (χ1) is 17.7. The normalized spacial score (nSPS) is 12.7. The number of hydrogen-bond acceptors (Lipinski definition) is 6. The lowest BCUT2D eigenvalue weighted by molar-refractivity contribution is 0.143. The first-order valence-corrected chi connectivity index (χ1v) is 13.5. The van der Waals surface area contributed by atoms with Crippen LogP contribution in [0.4, 0.5) is 14.6 Å². The van der Waals surface area contributed by atoms with Crippen LogP contribution in [0, 0.1) is 23.5 Å². The van der Waals surface area contributed by atoms with Crippen LogP contribution in [0.3, 0.4) is 0 Å². The topological polar surface area (TPSA) is 123 Å². The van der Waals surface area contributed by atoms with Gasteiger partial charge >= 0.3 is 0 Å². The molecule has 0 aliphatic rings. The van der Waals surface area contributed by atoms with E-state index in [0.29, 0.717) is 39.0 Å². The highest BCUT2D eigenvalue weighted by Crippen LogP contribution is 2.36. The third kappa shape index (κ3) is 6.34. The summed E-state index contributed by atoms with van der Waals surface area (Å²) in [7, 11) is -1.89. The van der Waals surface area contributed by atoms with Crippen molar-refractivity contribution in [3.8, 4) is 23.0 Å². The summed E-state index contributed by atoms with van der Waals surface area (Å²) in [6.07, 6.45) is 1.13. The second-order valence-electron chi connectivity index (χ2n) is 9.57. The second-order valence-corrected chi connectivity index (χ2v) is 11.3. The van der Waals surface area contributed by atoms with E-state index in [9.17, 15) is 22.3 Å². The molecule has 198 valence electrons. The van der Waals surface area contributed by atoms with E-state index in [1.54, 1.807) is 49.8 Å². The molecule has 0 bridgehead atoms. The smallest absolute Gasteiger partial charge is 0.231 e. The number of nitrogens with zero attached hydrogens (tertiary/aromatic N) is 3. The molecule has 0 saturated heterocycles. The van der Waals surface area contributed by atoms with E-state index in [2.05, 4.69) is 26.6 Å². The molecule has 2 aromatic carbocycles. The number of benzene rings is 2. The van der Waals surface area contributed by atoms with E-state index in [1.165, 1.54) is 12.1 Å². The minimum absolute atomic E-state index is 0.0826. The number of nitrogens with one attached hydrogen (secondary N) is 1. The van der Waals surface area contributed by atoms with Crippen LogP contribution in [-0.4, -0.2) is 40.1 Å². The monoisotopic (exact) mass is 539 g/mol. The van der Waals surface area contributed by atoms with Crippen molar-refractivity contribution in [1.82, 2.24) is 14.8 Å². The fourth-order valence-electron chi connectivity index (χ4n) is 4.16. The van der Waals surface area contributed by atoms with E-state index in [-0.39, 0.29) is 12.2 Å². The average Bonchev–Trinajstić information content (AvgIpc) is 3.10. The standard InChI is InChI=1S/C27H27F2N5O3S/c1-27(2,35)11-10-19-8-9-20(24(31-19)23(30)14-16-12-17(28)15-18(29)13-16)21-6-5-7-22-25(21)34(3)32-26(22)33-38(4,36)37/h5-9,12-13,15,23,35H,14,30H2,1-4H3,(H,32,33). The predicted octanol–water partition coefficient (Wildman–Crippen LogP) is 3.65. The number of hydrogen-bond donors (Lipinski definition) is 3. The van der Waals surface area contributed by atoms with Crippen LogP contribution >= 0.6 is 0 Å². The molecule has 8 nitrogen and oxygen atoms in total. The summed E-state index contributed by atoms with van der Waals surface area (Å²) in [6.45, 7) is 3.09. The summed E-state index contributed by atoms with van der Waals surface area (Å²) in [5, 5.41) is 14.9. The number of pyridine rings is 1. The Hall–Kier alpha value is -3.85. The Kier molecular flexibility index (Phi) is 7.25. The maximum Gasteiger partial charge on any atom is 0.231 e. The number of fused-ring (bicyclic) bond motifs is 1. The number of para-hydroxylation sites is 1. The van der Waals surface area contributed by atoms with E-state index in [4.69, 9.17) is 5.73 Å². The second kappa shape index (κ2) is 10.1. The van der Waals surface area contributed by atoms with Gasteiger partial charge in [0.2, 0.25) is 10.0 Å². The molecule has 1 unspecified atom stereocenters. The maximum atomic E-state index is 13.8. The van der Waals surface area contributed by atoms with Gasteiger partial charge in [-0.15, -0.1) is 0 Å². The number of anilines is 1. The lowest BCUT2D eigenvalue weighted by Crippen LogP contribution is -2.17. The zero-order valence-corrected chi connectivity index (χ0v) is 22.1. The summed E-state index contributed by atoms with van der Waals surface area (Å²) in [6, 6.07) is 11.2. The van der Waals surface area contributed by atoms with Crippen molar-refractivity contribution in [1.29, 1.82) is 0 Å². The number of halogens is 2. The molecule has 0 saturated carbocycles. The summed E-state index contributed by atoms with van der Waals surface area (Å²) < 4.78 is 55.4. The highest BCUT2D eigenvalue weighted by Gasteiger charge is 2.21. The number of aliphatic hydroxyl groups is 1. The van der Waals surface area contributed by atoms with Crippen LogP contribution in [0.5, 0.6) is 0 Å². The minimum Gasteiger partial charge on any atom is -0.378 e. The SMILES string of the molecule is Cn1nc(NS(C)(=O)=O)c2cccc(-c3ccc(C#CC(C)(C)O)nc3C(N)Cc3cc(F)cc(F)c3)c21. The minimum atomic E-state index is -3.58. The van der Waals surface area contributed by atoms with Gasteiger partial charge in [-0.05, 0) is 62.1 Å². The summed E-state index contributed by atoms with van der Waals surface area (Å²) in [5.74, 6) is 4.30. The number of aromatic nitrogens is 3. The molecule has 0 fully saturated rings. The molecule has 1 atom stereocenters. The van der Waals surface area contributed by atoms with Crippen LogP contribution in [0.1, 0.15) is 36.8 Å². The van der Waals surface area contributed by atoms with Gasteiger partial charge in [-0.2, -0.15) is 5.10 Å². The Morgan fingerprint density at radius 1 is 1.13 bits per heavy atom. The van der Waals surface area contributed by atoms with Gasteiger partial charge in [0.25, 0.3) is 0 Å². The number of aryl methyl sites for hydroxylation is 1. The Morgan fingerprint density at radius 2 is 1.82 bits per heavy atom. The van der Waals surface area contributed by atoms with Crippen molar-refractivity contribution < 1.29 is 22.3 Å². The Bertz CT molecular complexity index is 1680. The van der Waals surface area contributed by atoms with Crippen molar-refractivity contribution in [3.63, 3.8) is 0 Å². The highest BCUT2D eigenvalue weighted by atomic mass is 32.2. The van der Waals surface area contributed by atoms with Gasteiger partial charge in [0.1, 0.15) is 22.9 Å². The molecular weight excluding hydrogens is 512 g/mol. The van der Waals surface area contributed by atoms with E-state index in [1.807, 2.05) is 6.07 Å². The van der Waals surface area contributed by atoms with Gasteiger partial charge in [0, 0.05) is 29.6 Å². The van der Waals surface area contributed by atoms with Crippen molar-refractivity contribution >= 4 is 26.7 Å². The van der Waals surface area contributed by atoms with Crippen molar-refractivity contribution in [2.75, 3.05) is 11.0 Å². The Labute approximate surface area is 219 Å². The van der Waals surface area contributed by atoms with Crippen molar-refractivity contribution in [2.45, 2.75) is 31.9 Å². The van der Waals surface area contributed by atoms with E-state index >= 15 is 0 Å². The number of rotatable bonds is 6. The molecule has 0 amide bonds. The molecule has 0 aliphatic heterocycles. The Morgan fingerprint density at radius 3 is 2.45 bits per heavy atom. The van der Waals surface area contributed by atoms with Crippen LogP contribution < -0.4 is 10.5 Å². The largest absolute Gasteiger partial charge is 0.378 e. The Balaban J connectivity index is 1.89. The van der Waals surface area contributed by atoms with Gasteiger partial charge in [-0.3, -0.25) is 9.40 Å². The van der Waals surface area contributed by atoms with E-state index < -0.39 is 33.3 Å². The third-order valence-electron chi connectivity index (χ3n) is 5.59. The number of nitrogens with two attached hydrogens (primary N) is 1. The quantitative estimate of drug-likeness (QED) is 0.322. The molecule has 4 N–H and O–H groups in total. The average molecular weight is 540 g/mol. The first kappa shape index (κ1) is 27.2. The van der Waals surface area contributed by atoms with Crippen molar-refractivity contribution in [3.05, 3.63) is 77.1 Å². The van der Waals surface area contributed by atoms with Crippen LogP contribution in [0.15, 0.2) is 48.5 Å². The highest BCUT2D eigenvalue weighted by molar-refractivity contribution is 7.92.